The summed E-state index contributed by atoms with van der Waals surface area (Å²) in [5.74, 6) is -3.31. The van der Waals surface area contributed by atoms with Crippen molar-refractivity contribution in [3.05, 3.63) is 51.9 Å². The van der Waals surface area contributed by atoms with E-state index < -0.39 is 17.5 Å². The van der Waals surface area contributed by atoms with Crippen molar-refractivity contribution in [2.24, 2.45) is 5.11 Å². The SMILES string of the molecule is [N-]=[N+]=NCc1cccc(C(O)=CC(=O)C(=O)O)c1. The Morgan fingerprint density at radius 3 is 2.72 bits per heavy atom. The van der Waals surface area contributed by atoms with Crippen molar-refractivity contribution in [3.63, 3.8) is 0 Å². The number of hydrogen-bond acceptors (Lipinski definition) is 4. The number of aliphatic hydroxyl groups excluding tert-OH is 1. The normalized spacial score (nSPS) is 10.6. The van der Waals surface area contributed by atoms with Crippen molar-refractivity contribution >= 4 is 17.5 Å². The number of ketones is 1. The smallest absolute Gasteiger partial charge is 0.376 e. The van der Waals surface area contributed by atoms with E-state index in [2.05, 4.69) is 10.0 Å². The van der Waals surface area contributed by atoms with E-state index in [1.54, 1.807) is 12.1 Å². The maximum atomic E-state index is 10.9. The van der Waals surface area contributed by atoms with Crippen molar-refractivity contribution in [1.29, 1.82) is 0 Å². The number of azide groups is 1. The van der Waals surface area contributed by atoms with Crippen LogP contribution in [0.25, 0.3) is 16.2 Å². The molecule has 7 heteroatoms. The largest absolute Gasteiger partial charge is 0.507 e. The van der Waals surface area contributed by atoms with Crippen LogP contribution in [0.4, 0.5) is 0 Å². The lowest BCUT2D eigenvalue weighted by Gasteiger charge is -2.02. The highest BCUT2D eigenvalue weighted by atomic mass is 16.4. The number of carboxylic acids is 1. The minimum Gasteiger partial charge on any atom is -0.507 e. The second-order valence-electron chi connectivity index (χ2n) is 3.29. The molecule has 1 aromatic rings. The van der Waals surface area contributed by atoms with E-state index in [4.69, 9.17) is 10.6 Å². The zero-order valence-electron chi connectivity index (χ0n) is 9.15. The lowest BCUT2D eigenvalue weighted by molar-refractivity contribution is -0.146. The van der Waals surface area contributed by atoms with Crippen molar-refractivity contribution in [1.82, 2.24) is 0 Å². The third-order valence-corrected chi connectivity index (χ3v) is 2.02. The fraction of sp³-hybridized carbons (Fsp3) is 0.0909. The van der Waals surface area contributed by atoms with E-state index in [1.165, 1.54) is 12.1 Å². The van der Waals surface area contributed by atoms with Crippen LogP contribution in [0, 0.1) is 0 Å². The van der Waals surface area contributed by atoms with Crippen molar-refractivity contribution < 1.29 is 19.8 Å². The van der Waals surface area contributed by atoms with Crippen LogP contribution >= 0.6 is 0 Å². The fourth-order valence-corrected chi connectivity index (χ4v) is 1.21. The van der Waals surface area contributed by atoms with Crippen LogP contribution in [-0.4, -0.2) is 22.0 Å². The van der Waals surface area contributed by atoms with Gasteiger partial charge in [0, 0.05) is 16.6 Å². The zero-order valence-corrected chi connectivity index (χ0v) is 9.15. The van der Waals surface area contributed by atoms with E-state index in [0.717, 1.165) is 0 Å². The number of benzene rings is 1. The highest BCUT2D eigenvalue weighted by Gasteiger charge is 2.10. The Hall–Kier alpha value is -2.79. The topological polar surface area (TPSA) is 123 Å². The van der Waals surface area contributed by atoms with Crippen molar-refractivity contribution in [2.75, 3.05) is 0 Å². The van der Waals surface area contributed by atoms with E-state index in [0.29, 0.717) is 11.6 Å². The predicted octanol–water partition coefficient (Wildman–Crippen LogP) is 2.05. The molecule has 1 rings (SSSR count). The Kier molecular flexibility index (Phi) is 4.48. The van der Waals surface area contributed by atoms with E-state index in [1.807, 2.05) is 0 Å². The van der Waals surface area contributed by atoms with Gasteiger partial charge in [0.2, 0.25) is 0 Å². The molecule has 0 spiro atoms. The van der Waals surface area contributed by atoms with Gasteiger partial charge in [-0.3, -0.25) is 4.79 Å². The Balaban J connectivity index is 2.99. The van der Waals surface area contributed by atoms with Crippen LogP contribution in [0.3, 0.4) is 0 Å². The number of aliphatic hydroxyl groups is 1. The molecule has 0 heterocycles. The summed E-state index contributed by atoms with van der Waals surface area (Å²) in [4.78, 5) is 23.8. The molecule has 0 atom stereocenters. The third-order valence-electron chi connectivity index (χ3n) is 2.02. The van der Waals surface area contributed by atoms with Gasteiger partial charge < -0.3 is 10.2 Å². The van der Waals surface area contributed by atoms with Gasteiger partial charge in [0.15, 0.2) is 0 Å². The predicted molar refractivity (Wildman–Crippen MR) is 62.5 cm³/mol. The van der Waals surface area contributed by atoms with Gasteiger partial charge in [-0.25, -0.2) is 4.79 Å². The third kappa shape index (κ3) is 3.66. The standard InChI is InChI=1S/C11H9N3O4/c12-14-13-6-7-2-1-3-8(4-7)9(15)5-10(16)11(17)18/h1-5,15H,6H2,(H,17,18). The second kappa shape index (κ2) is 6.07. The fourth-order valence-electron chi connectivity index (χ4n) is 1.21. The van der Waals surface area contributed by atoms with Gasteiger partial charge in [-0.05, 0) is 17.2 Å². The second-order valence-corrected chi connectivity index (χ2v) is 3.29. The molecule has 0 aliphatic carbocycles. The number of carboxylic acid groups (broad SMARTS) is 1. The van der Waals surface area contributed by atoms with Crippen LogP contribution in [-0.2, 0) is 16.1 Å². The van der Waals surface area contributed by atoms with E-state index >= 15 is 0 Å². The first-order chi connectivity index (χ1) is 8.54. The molecule has 0 saturated heterocycles. The zero-order chi connectivity index (χ0) is 13.5. The average Bonchev–Trinajstić information content (AvgIpc) is 2.36. The van der Waals surface area contributed by atoms with Gasteiger partial charge in [0.1, 0.15) is 5.76 Å². The monoisotopic (exact) mass is 247 g/mol. The number of carbonyl (C=O) groups excluding carboxylic acids is 1. The first kappa shape index (κ1) is 13.3. The van der Waals surface area contributed by atoms with Gasteiger partial charge in [0.25, 0.3) is 5.78 Å². The molecule has 18 heavy (non-hydrogen) atoms. The van der Waals surface area contributed by atoms with E-state index in [9.17, 15) is 14.7 Å². The summed E-state index contributed by atoms with van der Waals surface area (Å²) >= 11 is 0. The minimum absolute atomic E-state index is 0.102. The Labute approximate surface area is 102 Å². The summed E-state index contributed by atoms with van der Waals surface area (Å²) in [5, 5.41) is 21.3. The lowest BCUT2D eigenvalue weighted by atomic mass is 10.1. The molecule has 0 bridgehead atoms. The van der Waals surface area contributed by atoms with Crippen molar-refractivity contribution in [2.45, 2.75) is 6.54 Å². The highest BCUT2D eigenvalue weighted by Crippen LogP contribution is 2.14. The van der Waals surface area contributed by atoms with Gasteiger partial charge in [-0.1, -0.05) is 23.3 Å². The first-order valence-electron chi connectivity index (χ1n) is 4.82. The molecule has 0 unspecified atom stereocenters. The summed E-state index contributed by atoms with van der Waals surface area (Å²) in [6.45, 7) is 0.102. The van der Waals surface area contributed by atoms with Crippen molar-refractivity contribution in [3.8, 4) is 0 Å². The van der Waals surface area contributed by atoms with Crippen LogP contribution in [0.5, 0.6) is 0 Å². The van der Waals surface area contributed by atoms with Crippen LogP contribution in [0.2, 0.25) is 0 Å². The number of nitrogens with zero attached hydrogens (tertiary/aromatic N) is 3. The molecule has 0 saturated carbocycles. The highest BCUT2D eigenvalue weighted by molar-refractivity contribution is 6.38. The molecule has 1 aromatic carbocycles. The Morgan fingerprint density at radius 2 is 2.11 bits per heavy atom. The maximum absolute atomic E-state index is 10.9. The summed E-state index contributed by atoms with van der Waals surface area (Å²) in [7, 11) is 0. The molecule has 92 valence electrons. The maximum Gasteiger partial charge on any atom is 0.376 e. The molecular formula is C11H9N3O4. The number of carbonyl (C=O) groups is 2. The van der Waals surface area contributed by atoms with Gasteiger partial charge in [-0.2, -0.15) is 0 Å². The summed E-state index contributed by atoms with van der Waals surface area (Å²) < 4.78 is 0. The summed E-state index contributed by atoms with van der Waals surface area (Å²) in [5.41, 5.74) is 9.08. The van der Waals surface area contributed by atoms with Crippen LogP contribution in [0.15, 0.2) is 35.5 Å². The molecule has 0 fully saturated rings. The minimum atomic E-state index is -1.65. The van der Waals surface area contributed by atoms with Gasteiger partial charge in [0.05, 0.1) is 6.54 Å². The molecule has 0 aliphatic heterocycles. The molecule has 2 N–H and O–H groups in total. The van der Waals surface area contributed by atoms with E-state index in [-0.39, 0.29) is 12.1 Å². The number of rotatable bonds is 5. The Morgan fingerprint density at radius 1 is 1.39 bits per heavy atom. The quantitative estimate of drug-likeness (QED) is 0.206. The van der Waals surface area contributed by atoms with Crippen LogP contribution < -0.4 is 0 Å². The molecular weight excluding hydrogens is 238 g/mol. The first-order valence-corrected chi connectivity index (χ1v) is 4.82. The Bertz CT molecular complexity index is 559. The van der Waals surface area contributed by atoms with Crippen LogP contribution in [0.1, 0.15) is 11.1 Å². The molecule has 0 amide bonds. The number of hydrogen-bond donors (Lipinski definition) is 2. The summed E-state index contributed by atoms with van der Waals surface area (Å²) in [6, 6.07) is 6.26. The molecule has 0 aromatic heterocycles. The molecule has 0 aliphatic rings. The molecule has 0 radical (unpaired) electrons. The lowest BCUT2D eigenvalue weighted by Crippen LogP contribution is -2.09. The average molecular weight is 247 g/mol. The summed E-state index contributed by atoms with van der Waals surface area (Å²) in [6.07, 6.45) is 0.620. The van der Waals surface area contributed by atoms with Gasteiger partial charge in [-0.15, -0.1) is 0 Å². The number of aliphatic carboxylic acids is 1. The van der Waals surface area contributed by atoms with Gasteiger partial charge >= 0.3 is 5.97 Å². The molecule has 7 nitrogen and oxygen atoms in total.